The summed E-state index contributed by atoms with van der Waals surface area (Å²) in [5.74, 6) is -2.64. The van der Waals surface area contributed by atoms with Crippen LogP contribution in [-0.4, -0.2) is 47.5 Å². The molecule has 0 unspecified atom stereocenters. The molecule has 3 heterocycles. The van der Waals surface area contributed by atoms with Gasteiger partial charge in [0.15, 0.2) is 11.6 Å². The summed E-state index contributed by atoms with van der Waals surface area (Å²) in [5, 5.41) is 0.469. The zero-order valence-corrected chi connectivity index (χ0v) is 23.5. The molecule has 7 nitrogen and oxygen atoms in total. The van der Waals surface area contributed by atoms with Gasteiger partial charge in [0, 0.05) is 27.9 Å². The van der Waals surface area contributed by atoms with E-state index in [0.29, 0.717) is 37.6 Å². The number of carbonyl (C=O) groups excluding carboxylic acids is 4. The first-order valence-corrected chi connectivity index (χ1v) is 13.8. The minimum absolute atomic E-state index is 0.201. The molecule has 2 amide bonds. The Morgan fingerprint density at radius 2 is 1.60 bits per heavy atom. The fraction of sp³-hybridized carbons (Fsp3) is 0.161. The van der Waals surface area contributed by atoms with Gasteiger partial charge in [0.25, 0.3) is 0 Å². The molecule has 4 atom stereocenters. The third-order valence-corrected chi connectivity index (χ3v) is 8.51. The smallest absolute Gasteiger partial charge is 0.240 e. The number of hydrogen-bond acceptors (Lipinski definition) is 6. The van der Waals surface area contributed by atoms with Crippen molar-refractivity contribution in [2.24, 2.45) is 11.8 Å². The van der Waals surface area contributed by atoms with Gasteiger partial charge >= 0.3 is 0 Å². The molecule has 2 fully saturated rings. The number of nitrogens with zero attached hydrogens (tertiary/aromatic N) is 2. The predicted octanol–water partition coefficient (Wildman–Crippen LogP) is 5.49. The van der Waals surface area contributed by atoms with E-state index in [-0.39, 0.29) is 11.6 Å². The van der Waals surface area contributed by atoms with Crippen LogP contribution in [-0.2, 0) is 9.59 Å². The molecule has 3 aromatic rings. The largest absolute Gasteiger partial charge is 0.496 e. The van der Waals surface area contributed by atoms with Crippen molar-refractivity contribution in [3.05, 3.63) is 117 Å². The Labute approximate surface area is 243 Å². The summed E-state index contributed by atoms with van der Waals surface area (Å²) in [4.78, 5) is 58.0. The van der Waals surface area contributed by atoms with Gasteiger partial charge < -0.3 is 9.64 Å². The van der Waals surface area contributed by atoms with Crippen molar-refractivity contribution in [1.82, 2.24) is 4.90 Å². The lowest BCUT2D eigenvalue weighted by Crippen LogP contribution is -2.46. The minimum atomic E-state index is -0.954. The maximum absolute atomic E-state index is 14.0. The Balaban J connectivity index is 1.43. The molecule has 0 spiro atoms. The van der Waals surface area contributed by atoms with Gasteiger partial charge in [-0.25, -0.2) is 4.90 Å². The van der Waals surface area contributed by atoms with E-state index in [4.69, 9.17) is 16.3 Å². The summed E-state index contributed by atoms with van der Waals surface area (Å²) in [6.45, 7) is 0. The molecule has 9 heteroatoms. The van der Waals surface area contributed by atoms with Gasteiger partial charge in [-0.1, -0.05) is 48.0 Å². The van der Waals surface area contributed by atoms with E-state index in [9.17, 15) is 19.2 Å². The molecule has 0 radical (unpaired) electrons. The standard InChI is InChI=1S/C31H22BrClN2O5/c1-40-24-12-7-18(15-22(24)32)29(37)27-26-25(30(38)35(31(26)39)21-10-8-20(33)9-11-21)23-16-19(13-14-34(23)27)28(36)17-5-3-2-4-6-17/h2-16,23,25-27H,1H3/t23-,25+,26+,27-/m0/s1. The number of ketones is 2. The summed E-state index contributed by atoms with van der Waals surface area (Å²) in [5.41, 5.74) is 1.66. The van der Waals surface area contributed by atoms with Crippen molar-refractivity contribution in [1.29, 1.82) is 0 Å². The molecule has 0 aliphatic carbocycles. The van der Waals surface area contributed by atoms with Gasteiger partial charge in [-0.2, -0.15) is 0 Å². The molecular weight excluding hydrogens is 596 g/mol. The van der Waals surface area contributed by atoms with Crippen molar-refractivity contribution in [3.8, 4) is 5.75 Å². The Kier molecular flexibility index (Phi) is 6.68. The third kappa shape index (κ3) is 4.19. The van der Waals surface area contributed by atoms with Crippen molar-refractivity contribution in [2.45, 2.75) is 12.1 Å². The first-order valence-electron chi connectivity index (χ1n) is 12.6. The highest BCUT2D eigenvalue weighted by atomic mass is 79.9. The van der Waals surface area contributed by atoms with Gasteiger partial charge in [0.1, 0.15) is 11.8 Å². The van der Waals surface area contributed by atoms with Gasteiger partial charge in [0.2, 0.25) is 11.8 Å². The molecule has 3 aliphatic rings. The zero-order chi connectivity index (χ0) is 28.1. The van der Waals surface area contributed by atoms with Crippen LogP contribution in [0.2, 0.25) is 5.02 Å². The molecule has 0 saturated carbocycles. The lowest BCUT2D eigenvalue weighted by Gasteiger charge is -2.33. The van der Waals surface area contributed by atoms with E-state index in [0.717, 1.165) is 4.90 Å². The lowest BCUT2D eigenvalue weighted by molar-refractivity contribution is -0.123. The van der Waals surface area contributed by atoms with Gasteiger partial charge in [0.05, 0.1) is 35.1 Å². The van der Waals surface area contributed by atoms with Gasteiger partial charge in [-0.3, -0.25) is 19.2 Å². The quantitative estimate of drug-likeness (QED) is 0.269. The summed E-state index contributed by atoms with van der Waals surface area (Å²) >= 11 is 9.47. The van der Waals surface area contributed by atoms with Crippen LogP contribution in [0.3, 0.4) is 0 Å². The van der Waals surface area contributed by atoms with Crippen LogP contribution in [0.15, 0.2) is 101 Å². The summed E-state index contributed by atoms with van der Waals surface area (Å²) in [7, 11) is 1.53. The maximum Gasteiger partial charge on any atom is 0.240 e. The Morgan fingerprint density at radius 1 is 0.900 bits per heavy atom. The van der Waals surface area contributed by atoms with Crippen LogP contribution >= 0.6 is 27.5 Å². The molecule has 200 valence electrons. The number of methoxy groups -OCH3 is 1. The average Bonchev–Trinajstić information content (AvgIpc) is 3.44. The fourth-order valence-corrected chi connectivity index (χ4v) is 6.46. The monoisotopic (exact) mass is 616 g/mol. The van der Waals surface area contributed by atoms with Crippen molar-refractivity contribution >= 4 is 56.6 Å². The first kappa shape index (κ1) is 26.2. The van der Waals surface area contributed by atoms with E-state index in [1.54, 1.807) is 90.0 Å². The van der Waals surface area contributed by atoms with E-state index >= 15 is 0 Å². The molecule has 3 aliphatic heterocycles. The topological polar surface area (TPSA) is 84.0 Å². The number of hydrogen-bond donors (Lipinski definition) is 0. The molecule has 3 aromatic carbocycles. The lowest BCUT2D eigenvalue weighted by atomic mass is 9.85. The molecule has 0 bridgehead atoms. The highest BCUT2D eigenvalue weighted by Gasteiger charge is 2.63. The summed E-state index contributed by atoms with van der Waals surface area (Å²) < 4.78 is 5.89. The maximum atomic E-state index is 14.0. The Hall–Kier alpha value is -4.01. The Morgan fingerprint density at radius 3 is 2.27 bits per heavy atom. The van der Waals surface area contributed by atoms with Crippen molar-refractivity contribution < 1.29 is 23.9 Å². The number of Topliss-reactive ketones (excluding diaryl/α,β-unsaturated/α-hetero) is 2. The van der Waals surface area contributed by atoms with E-state index < -0.39 is 35.7 Å². The number of ether oxygens (including phenoxy) is 1. The van der Waals surface area contributed by atoms with Crippen molar-refractivity contribution in [3.63, 3.8) is 0 Å². The second-order valence-corrected chi connectivity index (χ2v) is 11.1. The second-order valence-electron chi connectivity index (χ2n) is 9.77. The molecule has 40 heavy (non-hydrogen) atoms. The van der Waals surface area contributed by atoms with Crippen LogP contribution in [0.25, 0.3) is 0 Å². The zero-order valence-electron chi connectivity index (χ0n) is 21.2. The van der Waals surface area contributed by atoms with Gasteiger partial charge in [-0.05, 0) is 64.5 Å². The van der Waals surface area contributed by atoms with Crippen LogP contribution in [0.4, 0.5) is 5.69 Å². The second kappa shape index (κ2) is 10.2. The van der Waals surface area contributed by atoms with E-state index in [2.05, 4.69) is 15.9 Å². The number of rotatable bonds is 6. The number of fused-ring (bicyclic) bond motifs is 3. The molecule has 0 N–H and O–H groups in total. The number of carbonyl (C=O) groups is 4. The summed E-state index contributed by atoms with van der Waals surface area (Å²) in [6.07, 6.45) is 5.01. The number of benzene rings is 3. The molecule has 2 saturated heterocycles. The highest BCUT2D eigenvalue weighted by Crippen LogP contribution is 2.47. The number of halogens is 2. The third-order valence-electron chi connectivity index (χ3n) is 7.64. The number of imide groups is 1. The van der Waals surface area contributed by atoms with Crippen LogP contribution in [0.5, 0.6) is 5.75 Å². The predicted molar refractivity (Wildman–Crippen MR) is 153 cm³/mol. The average molecular weight is 618 g/mol. The van der Waals surface area contributed by atoms with Crippen LogP contribution < -0.4 is 9.64 Å². The highest BCUT2D eigenvalue weighted by molar-refractivity contribution is 9.10. The van der Waals surface area contributed by atoms with E-state index in [1.807, 2.05) is 6.07 Å². The summed E-state index contributed by atoms with van der Waals surface area (Å²) in [6, 6.07) is 18.6. The number of anilines is 1. The van der Waals surface area contributed by atoms with Crippen molar-refractivity contribution in [2.75, 3.05) is 12.0 Å². The molecule has 0 aromatic heterocycles. The molecular formula is C31H22BrClN2O5. The first-order chi connectivity index (χ1) is 19.3. The van der Waals surface area contributed by atoms with Crippen LogP contribution in [0.1, 0.15) is 20.7 Å². The van der Waals surface area contributed by atoms with Gasteiger partial charge in [-0.15, -0.1) is 0 Å². The molecule has 6 rings (SSSR count). The SMILES string of the molecule is COc1ccc(C(=O)[C@@H]2[C@@H]3C(=O)N(c4ccc(Cl)cc4)C(=O)[C@@H]3[C@@H]3C=C(C(=O)c4ccccc4)C=CN23)cc1Br. The normalized spacial score (nSPS) is 23.1. The van der Waals surface area contributed by atoms with Crippen LogP contribution in [0, 0.1) is 11.8 Å². The minimum Gasteiger partial charge on any atom is -0.496 e. The number of amides is 2. The fourth-order valence-electron chi connectivity index (χ4n) is 5.79. The number of allylic oxidation sites excluding steroid dienone is 2. The Bertz CT molecular complexity index is 1620. The van der Waals surface area contributed by atoms with E-state index in [1.165, 1.54) is 7.11 Å².